The summed E-state index contributed by atoms with van der Waals surface area (Å²) >= 11 is 1.62. The molecule has 0 aliphatic rings. The second kappa shape index (κ2) is 4.94. The third-order valence-corrected chi connectivity index (χ3v) is 4.01. The van der Waals surface area contributed by atoms with E-state index in [2.05, 4.69) is 0 Å². The van der Waals surface area contributed by atoms with Crippen molar-refractivity contribution in [1.29, 1.82) is 0 Å². The number of rotatable bonds is 4. The van der Waals surface area contributed by atoms with Crippen LogP contribution in [0.25, 0.3) is 0 Å². The summed E-state index contributed by atoms with van der Waals surface area (Å²) in [4.78, 5) is 12.4. The van der Waals surface area contributed by atoms with Gasteiger partial charge >= 0.3 is 0 Å². The second-order valence-corrected chi connectivity index (χ2v) is 5.76. The number of thiophene rings is 1. The van der Waals surface area contributed by atoms with E-state index in [9.17, 15) is 4.79 Å². The molecule has 0 aliphatic carbocycles. The molecule has 0 unspecified atom stereocenters. The van der Waals surface area contributed by atoms with Crippen LogP contribution in [0, 0.1) is 0 Å². The second-order valence-electron chi connectivity index (χ2n) is 4.98. The third-order valence-electron chi connectivity index (χ3n) is 3.27. The summed E-state index contributed by atoms with van der Waals surface area (Å²) in [7, 11) is 0. The maximum Gasteiger partial charge on any atom is 0.147 e. The molecule has 0 radical (unpaired) electrons. The Balaban J connectivity index is 2.19. The molecular formula is C15H17NOS. The Hall–Kier alpha value is -1.61. The smallest absolute Gasteiger partial charge is 0.147 e. The van der Waals surface area contributed by atoms with Crippen LogP contribution < -0.4 is 5.73 Å². The molecule has 0 aliphatic heterocycles. The van der Waals surface area contributed by atoms with Gasteiger partial charge in [0.1, 0.15) is 5.78 Å². The summed E-state index contributed by atoms with van der Waals surface area (Å²) < 4.78 is 0. The maximum atomic E-state index is 12.4. The summed E-state index contributed by atoms with van der Waals surface area (Å²) in [6.07, 6.45) is 0.487. The number of ketones is 1. The van der Waals surface area contributed by atoms with Gasteiger partial charge in [-0.2, -0.15) is 11.3 Å². The number of Topliss-reactive ketones (excluding diaryl/α,β-unsaturated/α-hetero) is 1. The van der Waals surface area contributed by atoms with E-state index in [0.717, 1.165) is 16.8 Å². The maximum absolute atomic E-state index is 12.4. The first-order valence-corrected chi connectivity index (χ1v) is 6.85. The van der Waals surface area contributed by atoms with Crippen molar-refractivity contribution in [2.45, 2.75) is 25.7 Å². The van der Waals surface area contributed by atoms with E-state index in [4.69, 9.17) is 5.73 Å². The summed E-state index contributed by atoms with van der Waals surface area (Å²) in [5.74, 6) is 0.227. The van der Waals surface area contributed by atoms with Gasteiger partial charge in [0.05, 0.1) is 0 Å². The highest BCUT2D eigenvalue weighted by Crippen LogP contribution is 2.27. The van der Waals surface area contributed by atoms with Crippen LogP contribution in [0.2, 0.25) is 0 Å². The summed E-state index contributed by atoms with van der Waals surface area (Å²) in [6.45, 7) is 3.93. The minimum Gasteiger partial charge on any atom is -0.399 e. The molecule has 0 fully saturated rings. The van der Waals surface area contributed by atoms with Gasteiger partial charge in [-0.05, 0) is 53.9 Å². The fourth-order valence-electron chi connectivity index (χ4n) is 1.86. The van der Waals surface area contributed by atoms with E-state index in [1.807, 2.05) is 54.9 Å². The number of nitrogen functional groups attached to an aromatic ring is 1. The predicted octanol–water partition coefficient (Wildman–Crippen LogP) is 3.42. The zero-order valence-electron chi connectivity index (χ0n) is 10.6. The Labute approximate surface area is 111 Å². The van der Waals surface area contributed by atoms with Crippen molar-refractivity contribution >= 4 is 22.8 Å². The molecule has 1 aromatic carbocycles. The third kappa shape index (κ3) is 2.62. The molecular weight excluding hydrogens is 242 g/mol. The lowest BCUT2D eigenvalue weighted by Crippen LogP contribution is -2.30. The Kier molecular flexibility index (Phi) is 3.53. The highest BCUT2D eigenvalue weighted by atomic mass is 32.1. The lowest BCUT2D eigenvalue weighted by Gasteiger charge is -2.23. The monoisotopic (exact) mass is 259 g/mol. The van der Waals surface area contributed by atoms with Crippen molar-refractivity contribution in [2.24, 2.45) is 0 Å². The molecule has 2 N–H and O–H groups in total. The first kappa shape index (κ1) is 12.8. The highest BCUT2D eigenvalue weighted by Gasteiger charge is 2.29. The normalized spacial score (nSPS) is 11.4. The lowest BCUT2D eigenvalue weighted by molar-refractivity contribution is -0.122. The van der Waals surface area contributed by atoms with Crippen LogP contribution in [0.4, 0.5) is 5.69 Å². The Morgan fingerprint density at radius 3 is 2.44 bits per heavy atom. The van der Waals surface area contributed by atoms with Crippen molar-refractivity contribution in [3.8, 4) is 0 Å². The van der Waals surface area contributed by atoms with Gasteiger partial charge in [-0.15, -0.1) is 0 Å². The van der Waals surface area contributed by atoms with Crippen LogP contribution in [-0.4, -0.2) is 5.78 Å². The highest BCUT2D eigenvalue weighted by molar-refractivity contribution is 7.08. The quantitative estimate of drug-likeness (QED) is 0.855. The first-order chi connectivity index (χ1) is 8.50. The molecule has 18 heavy (non-hydrogen) atoms. The molecule has 3 heteroatoms. The summed E-state index contributed by atoms with van der Waals surface area (Å²) in [5, 5.41) is 4.02. The van der Waals surface area contributed by atoms with Crippen LogP contribution in [-0.2, 0) is 16.6 Å². The topological polar surface area (TPSA) is 43.1 Å². The number of carbonyl (C=O) groups is 1. The fourth-order valence-corrected chi connectivity index (χ4v) is 2.53. The Morgan fingerprint density at radius 1 is 1.22 bits per heavy atom. The van der Waals surface area contributed by atoms with Crippen molar-refractivity contribution in [1.82, 2.24) is 0 Å². The molecule has 1 heterocycles. The molecule has 0 saturated carbocycles. The van der Waals surface area contributed by atoms with E-state index in [0.29, 0.717) is 6.42 Å². The van der Waals surface area contributed by atoms with Gasteiger partial charge in [0.25, 0.3) is 0 Å². The number of hydrogen-bond donors (Lipinski definition) is 1. The van der Waals surface area contributed by atoms with Crippen molar-refractivity contribution in [3.05, 3.63) is 52.2 Å². The summed E-state index contributed by atoms with van der Waals surface area (Å²) in [6, 6.07) is 9.55. The van der Waals surface area contributed by atoms with Gasteiger partial charge in [0.15, 0.2) is 0 Å². The van der Waals surface area contributed by atoms with Gasteiger partial charge in [-0.1, -0.05) is 12.1 Å². The van der Waals surface area contributed by atoms with Crippen LogP contribution in [0.1, 0.15) is 25.0 Å². The molecule has 0 spiro atoms. The molecule has 1 aromatic heterocycles. The Bertz CT molecular complexity index is 526. The minimum atomic E-state index is -0.477. The molecule has 2 rings (SSSR count). The van der Waals surface area contributed by atoms with Gasteiger partial charge < -0.3 is 5.73 Å². The van der Waals surface area contributed by atoms with Gasteiger partial charge in [-0.25, -0.2) is 0 Å². The van der Waals surface area contributed by atoms with Crippen LogP contribution in [0.3, 0.4) is 0 Å². The fraction of sp³-hybridized carbons (Fsp3) is 0.267. The SMILES string of the molecule is CC(C)(C(=O)Cc1ccsc1)c1ccc(N)cc1. The van der Waals surface area contributed by atoms with E-state index in [-0.39, 0.29) is 5.78 Å². The van der Waals surface area contributed by atoms with Gasteiger partial charge in [0.2, 0.25) is 0 Å². The number of anilines is 1. The zero-order chi connectivity index (χ0) is 13.2. The number of benzene rings is 1. The largest absolute Gasteiger partial charge is 0.399 e. The number of carbonyl (C=O) groups excluding carboxylic acids is 1. The molecule has 94 valence electrons. The van der Waals surface area contributed by atoms with E-state index >= 15 is 0 Å². The number of nitrogens with two attached hydrogens (primary N) is 1. The van der Waals surface area contributed by atoms with Crippen LogP contribution in [0.15, 0.2) is 41.1 Å². The van der Waals surface area contributed by atoms with Crippen LogP contribution in [0.5, 0.6) is 0 Å². The van der Waals surface area contributed by atoms with E-state index in [1.165, 1.54) is 0 Å². The van der Waals surface area contributed by atoms with Crippen molar-refractivity contribution < 1.29 is 4.79 Å². The lowest BCUT2D eigenvalue weighted by atomic mass is 9.78. The molecule has 0 bridgehead atoms. The van der Waals surface area contributed by atoms with E-state index < -0.39 is 5.41 Å². The molecule has 2 nitrogen and oxygen atoms in total. The van der Waals surface area contributed by atoms with Gasteiger partial charge in [0, 0.05) is 17.5 Å². The zero-order valence-corrected chi connectivity index (χ0v) is 11.5. The average Bonchev–Trinajstić information content (AvgIpc) is 2.82. The molecule has 0 atom stereocenters. The minimum absolute atomic E-state index is 0.227. The van der Waals surface area contributed by atoms with E-state index in [1.54, 1.807) is 11.3 Å². The van der Waals surface area contributed by atoms with Crippen molar-refractivity contribution in [3.63, 3.8) is 0 Å². The standard InChI is InChI=1S/C15H17NOS/c1-15(2,12-3-5-13(16)6-4-12)14(17)9-11-7-8-18-10-11/h3-8,10H,9,16H2,1-2H3. The van der Waals surface area contributed by atoms with Crippen molar-refractivity contribution in [2.75, 3.05) is 5.73 Å². The molecule has 0 saturated heterocycles. The van der Waals surface area contributed by atoms with Crippen LogP contribution >= 0.6 is 11.3 Å². The average molecular weight is 259 g/mol. The predicted molar refractivity (Wildman–Crippen MR) is 76.9 cm³/mol. The Morgan fingerprint density at radius 2 is 1.89 bits per heavy atom. The number of hydrogen-bond acceptors (Lipinski definition) is 3. The van der Waals surface area contributed by atoms with Gasteiger partial charge in [-0.3, -0.25) is 4.79 Å². The summed E-state index contributed by atoms with van der Waals surface area (Å²) in [5.41, 5.74) is 8.02. The molecule has 2 aromatic rings. The molecule has 0 amide bonds. The first-order valence-electron chi connectivity index (χ1n) is 5.90.